The third kappa shape index (κ3) is 6.28. The van der Waals surface area contributed by atoms with Gasteiger partial charge in [-0.15, -0.1) is 0 Å². The molecule has 6 heteroatoms. The van der Waals surface area contributed by atoms with Gasteiger partial charge < -0.3 is 10.1 Å². The molecule has 0 aliphatic heterocycles. The topological polar surface area (TPSA) is 73.2 Å². The summed E-state index contributed by atoms with van der Waals surface area (Å²) in [6, 6.07) is 18.9. The Kier molecular flexibility index (Phi) is 7.60. The predicted octanol–water partition coefficient (Wildman–Crippen LogP) is 4.14. The summed E-state index contributed by atoms with van der Waals surface area (Å²) in [6.45, 7) is 7.53. The van der Waals surface area contributed by atoms with Crippen molar-refractivity contribution in [3.05, 3.63) is 82.1 Å². The Bertz CT molecular complexity index is 1050. The molecule has 0 saturated heterocycles. The molecule has 0 spiro atoms. The van der Waals surface area contributed by atoms with Crippen molar-refractivity contribution < 1.29 is 9.53 Å². The highest BCUT2D eigenvalue weighted by molar-refractivity contribution is 5.75. The van der Waals surface area contributed by atoms with Gasteiger partial charge in [-0.2, -0.15) is 5.10 Å². The molecule has 1 aromatic heterocycles. The molecule has 162 valence electrons. The number of benzene rings is 2. The molecule has 1 amide bonds. The van der Waals surface area contributed by atoms with Crippen LogP contribution in [0.15, 0.2) is 65.5 Å². The van der Waals surface area contributed by atoms with Crippen LogP contribution in [0.3, 0.4) is 0 Å². The van der Waals surface area contributed by atoms with Gasteiger partial charge in [0.15, 0.2) is 0 Å². The maximum Gasteiger partial charge on any atom is 0.266 e. The lowest BCUT2D eigenvalue weighted by Gasteiger charge is -2.10. The third-order valence-corrected chi connectivity index (χ3v) is 5.01. The Labute approximate surface area is 182 Å². The SMILES string of the molecule is CCOc1ccc(-c2ccc(=O)n(CCC(=O)NCc3ccc(C(C)C)cc3)n2)cc1. The molecule has 0 saturated carbocycles. The lowest BCUT2D eigenvalue weighted by atomic mass is 10.0. The van der Waals surface area contributed by atoms with E-state index in [0.29, 0.717) is 24.8 Å². The number of nitrogens with zero attached hydrogens (tertiary/aromatic N) is 2. The van der Waals surface area contributed by atoms with Crippen LogP contribution in [0.2, 0.25) is 0 Å². The van der Waals surface area contributed by atoms with Crippen molar-refractivity contribution in [1.82, 2.24) is 15.1 Å². The van der Waals surface area contributed by atoms with Gasteiger partial charge in [-0.1, -0.05) is 38.1 Å². The van der Waals surface area contributed by atoms with Gasteiger partial charge in [-0.25, -0.2) is 4.68 Å². The van der Waals surface area contributed by atoms with Gasteiger partial charge in [0.1, 0.15) is 5.75 Å². The predicted molar refractivity (Wildman–Crippen MR) is 122 cm³/mol. The van der Waals surface area contributed by atoms with Crippen molar-refractivity contribution in [3.8, 4) is 17.0 Å². The average molecular weight is 420 g/mol. The van der Waals surface area contributed by atoms with Gasteiger partial charge in [0.25, 0.3) is 5.56 Å². The number of hydrogen-bond acceptors (Lipinski definition) is 4. The molecule has 0 fully saturated rings. The Balaban J connectivity index is 1.57. The van der Waals surface area contributed by atoms with E-state index in [4.69, 9.17) is 4.74 Å². The molecule has 3 aromatic rings. The lowest BCUT2D eigenvalue weighted by Crippen LogP contribution is -2.28. The van der Waals surface area contributed by atoms with Crippen LogP contribution in [-0.2, 0) is 17.9 Å². The first-order valence-corrected chi connectivity index (χ1v) is 10.6. The van der Waals surface area contributed by atoms with Crippen LogP contribution < -0.4 is 15.6 Å². The van der Waals surface area contributed by atoms with Crippen LogP contribution in [0.4, 0.5) is 0 Å². The number of nitrogens with one attached hydrogen (secondary N) is 1. The van der Waals surface area contributed by atoms with E-state index < -0.39 is 0 Å². The first-order valence-electron chi connectivity index (χ1n) is 10.6. The van der Waals surface area contributed by atoms with E-state index in [1.807, 2.05) is 43.3 Å². The van der Waals surface area contributed by atoms with Gasteiger partial charge in [0.2, 0.25) is 5.91 Å². The van der Waals surface area contributed by atoms with Crippen molar-refractivity contribution in [3.63, 3.8) is 0 Å². The highest BCUT2D eigenvalue weighted by atomic mass is 16.5. The number of carbonyl (C=O) groups excluding carboxylic acids is 1. The smallest absolute Gasteiger partial charge is 0.266 e. The van der Waals surface area contributed by atoms with Crippen LogP contribution in [0, 0.1) is 0 Å². The molecule has 3 rings (SSSR count). The number of aromatic nitrogens is 2. The third-order valence-electron chi connectivity index (χ3n) is 5.01. The first kappa shape index (κ1) is 22.3. The maximum absolute atomic E-state index is 12.3. The van der Waals surface area contributed by atoms with E-state index in [0.717, 1.165) is 16.9 Å². The summed E-state index contributed by atoms with van der Waals surface area (Å²) in [7, 11) is 0. The van der Waals surface area contributed by atoms with E-state index in [1.54, 1.807) is 6.07 Å². The van der Waals surface area contributed by atoms with Crippen LogP contribution >= 0.6 is 0 Å². The summed E-state index contributed by atoms with van der Waals surface area (Å²) in [5.74, 6) is 1.15. The highest BCUT2D eigenvalue weighted by Crippen LogP contribution is 2.20. The van der Waals surface area contributed by atoms with Gasteiger partial charge in [-0.05, 0) is 54.3 Å². The van der Waals surface area contributed by atoms with Gasteiger partial charge >= 0.3 is 0 Å². The number of hydrogen-bond donors (Lipinski definition) is 1. The molecule has 0 radical (unpaired) electrons. The van der Waals surface area contributed by atoms with Crippen LogP contribution in [0.5, 0.6) is 5.75 Å². The number of aryl methyl sites for hydroxylation is 1. The number of amides is 1. The number of carbonyl (C=O) groups is 1. The Hall–Kier alpha value is -3.41. The van der Waals surface area contributed by atoms with Crippen LogP contribution in [0.1, 0.15) is 44.2 Å². The minimum absolute atomic E-state index is 0.117. The standard InChI is InChI=1S/C25H29N3O3/c1-4-31-22-11-9-21(10-12-22)23-13-14-25(30)28(27-23)16-15-24(29)26-17-19-5-7-20(8-6-19)18(2)3/h5-14,18H,4,15-17H2,1-3H3,(H,26,29). The van der Waals surface area contributed by atoms with Crippen molar-refractivity contribution in [2.45, 2.75) is 46.2 Å². The molecule has 1 N–H and O–H groups in total. The summed E-state index contributed by atoms with van der Waals surface area (Å²) in [5, 5.41) is 7.32. The minimum Gasteiger partial charge on any atom is -0.494 e. The molecule has 31 heavy (non-hydrogen) atoms. The molecule has 2 aromatic carbocycles. The monoisotopic (exact) mass is 419 g/mol. The van der Waals surface area contributed by atoms with Crippen molar-refractivity contribution in [2.24, 2.45) is 0 Å². The summed E-state index contributed by atoms with van der Waals surface area (Å²) in [5.41, 5.74) is 3.64. The Morgan fingerprint density at radius 1 is 1.03 bits per heavy atom. The van der Waals surface area contributed by atoms with E-state index >= 15 is 0 Å². The zero-order valence-corrected chi connectivity index (χ0v) is 18.3. The second-order valence-electron chi connectivity index (χ2n) is 7.66. The van der Waals surface area contributed by atoms with E-state index in [2.05, 4.69) is 36.4 Å². The molecule has 0 bridgehead atoms. The minimum atomic E-state index is -0.230. The summed E-state index contributed by atoms with van der Waals surface area (Å²) in [6.07, 6.45) is 0.184. The molecular formula is C25H29N3O3. The fraction of sp³-hybridized carbons (Fsp3) is 0.320. The van der Waals surface area contributed by atoms with Crippen molar-refractivity contribution in [2.75, 3.05) is 6.61 Å². The molecular weight excluding hydrogens is 390 g/mol. The average Bonchev–Trinajstić information content (AvgIpc) is 2.78. The quantitative estimate of drug-likeness (QED) is 0.566. The summed E-state index contributed by atoms with van der Waals surface area (Å²) >= 11 is 0. The second-order valence-corrected chi connectivity index (χ2v) is 7.66. The van der Waals surface area contributed by atoms with Crippen LogP contribution in [-0.4, -0.2) is 22.3 Å². The normalized spacial score (nSPS) is 10.8. The molecule has 1 heterocycles. The number of ether oxygens (including phenoxy) is 1. The Morgan fingerprint density at radius 2 is 1.74 bits per heavy atom. The maximum atomic E-state index is 12.3. The second kappa shape index (κ2) is 10.6. The molecule has 0 atom stereocenters. The molecule has 0 aliphatic rings. The molecule has 6 nitrogen and oxygen atoms in total. The largest absolute Gasteiger partial charge is 0.494 e. The number of rotatable bonds is 9. The van der Waals surface area contributed by atoms with Crippen LogP contribution in [0.25, 0.3) is 11.3 Å². The zero-order valence-electron chi connectivity index (χ0n) is 18.3. The van der Waals surface area contributed by atoms with E-state index in [9.17, 15) is 9.59 Å². The van der Waals surface area contributed by atoms with Gasteiger partial charge in [0.05, 0.1) is 18.8 Å². The summed E-state index contributed by atoms with van der Waals surface area (Å²) < 4.78 is 6.79. The van der Waals surface area contributed by atoms with Crippen molar-refractivity contribution in [1.29, 1.82) is 0 Å². The molecule has 0 unspecified atom stereocenters. The van der Waals surface area contributed by atoms with Crippen molar-refractivity contribution >= 4 is 5.91 Å². The molecule has 0 aliphatic carbocycles. The fourth-order valence-corrected chi connectivity index (χ4v) is 3.17. The first-order chi connectivity index (χ1) is 15.0. The Morgan fingerprint density at radius 3 is 2.39 bits per heavy atom. The van der Waals surface area contributed by atoms with Gasteiger partial charge in [-0.3, -0.25) is 9.59 Å². The highest BCUT2D eigenvalue weighted by Gasteiger charge is 2.07. The zero-order chi connectivity index (χ0) is 22.2. The van der Waals surface area contributed by atoms with E-state index in [-0.39, 0.29) is 24.4 Å². The van der Waals surface area contributed by atoms with E-state index in [1.165, 1.54) is 16.3 Å². The lowest BCUT2D eigenvalue weighted by molar-refractivity contribution is -0.121. The van der Waals surface area contributed by atoms with Gasteiger partial charge in [0, 0.05) is 24.6 Å². The summed E-state index contributed by atoms with van der Waals surface area (Å²) in [4.78, 5) is 24.4. The fourth-order valence-electron chi connectivity index (χ4n) is 3.17.